The zero-order valence-corrected chi connectivity index (χ0v) is 16.3. The molecule has 3 rings (SSSR count). The summed E-state index contributed by atoms with van der Waals surface area (Å²) in [5, 5.41) is 2.69. The molecule has 0 unspecified atom stereocenters. The Bertz CT molecular complexity index is 1050. The molecule has 1 N–H and O–H groups in total. The van der Waals surface area contributed by atoms with Crippen LogP contribution in [0, 0.1) is 18.6 Å². The average molecular weight is 411 g/mol. The van der Waals surface area contributed by atoms with Crippen LogP contribution in [0.1, 0.15) is 27.6 Å². The number of anilines is 1. The maximum Gasteiger partial charge on any atom is 0.339 e. The molecule has 3 aromatic carbocycles. The van der Waals surface area contributed by atoms with Gasteiger partial charge in [-0.05, 0) is 36.8 Å². The number of esters is 1. The number of carbonyl (C=O) groups excluding carboxylic acids is 2. The fraction of sp³-hybridized carbons (Fsp3) is 0.130. The number of rotatable bonds is 6. The monoisotopic (exact) mass is 411 g/mol. The standard InChI is InChI=1S/C23H19F2NO4/c1-14-8-9-20(29-2)19(10-14)26-22(27)21(15-6-4-3-5-7-15)30-23(28)16-11-17(24)13-18(25)12-16/h3-13,21H,1-2H3,(H,26,27)/t21-/m1/s1. The van der Waals surface area contributed by atoms with Crippen molar-refractivity contribution in [1.82, 2.24) is 0 Å². The number of hydrogen-bond donors (Lipinski definition) is 1. The molecule has 0 aliphatic heterocycles. The van der Waals surface area contributed by atoms with Gasteiger partial charge in [0.05, 0.1) is 18.4 Å². The van der Waals surface area contributed by atoms with Gasteiger partial charge >= 0.3 is 5.97 Å². The van der Waals surface area contributed by atoms with E-state index in [1.807, 2.05) is 13.0 Å². The Kier molecular flexibility index (Phi) is 6.41. The van der Waals surface area contributed by atoms with Crippen molar-refractivity contribution in [3.63, 3.8) is 0 Å². The first-order valence-corrected chi connectivity index (χ1v) is 9.05. The zero-order chi connectivity index (χ0) is 21.7. The van der Waals surface area contributed by atoms with E-state index in [4.69, 9.17) is 9.47 Å². The van der Waals surface area contributed by atoms with E-state index < -0.39 is 29.6 Å². The lowest BCUT2D eigenvalue weighted by atomic mass is 10.1. The number of halogens is 2. The van der Waals surface area contributed by atoms with Crippen LogP contribution in [0.25, 0.3) is 0 Å². The molecule has 7 heteroatoms. The molecule has 0 saturated heterocycles. The summed E-state index contributed by atoms with van der Waals surface area (Å²) in [6.45, 7) is 1.85. The average Bonchev–Trinajstić information content (AvgIpc) is 2.72. The Morgan fingerprint density at radius 1 is 0.933 bits per heavy atom. The third-order valence-electron chi connectivity index (χ3n) is 4.28. The Labute approximate surface area is 172 Å². The molecule has 0 saturated carbocycles. The molecule has 0 aliphatic rings. The Hall–Kier alpha value is -3.74. The van der Waals surface area contributed by atoms with Crippen LogP contribution in [-0.2, 0) is 9.53 Å². The quantitative estimate of drug-likeness (QED) is 0.591. The Morgan fingerprint density at radius 3 is 2.23 bits per heavy atom. The highest BCUT2D eigenvalue weighted by molar-refractivity contribution is 5.99. The van der Waals surface area contributed by atoms with Gasteiger partial charge in [-0.25, -0.2) is 13.6 Å². The largest absolute Gasteiger partial charge is 0.495 e. The van der Waals surface area contributed by atoms with Crippen molar-refractivity contribution in [3.8, 4) is 5.75 Å². The van der Waals surface area contributed by atoms with Crippen LogP contribution in [0.5, 0.6) is 5.75 Å². The van der Waals surface area contributed by atoms with Crippen molar-refractivity contribution < 1.29 is 27.8 Å². The summed E-state index contributed by atoms with van der Waals surface area (Å²) in [4.78, 5) is 25.5. The predicted molar refractivity (Wildman–Crippen MR) is 107 cm³/mol. The maximum absolute atomic E-state index is 13.5. The normalized spacial score (nSPS) is 11.5. The fourth-order valence-corrected chi connectivity index (χ4v) is 2.87. The van der Waals surface area contributed by atoms with E-state index in [0.717, 1.165) is 17.7 Å². The van der Waals surface area contributed by atoms with Crippen molar-refractivity contribution in [2.24, 2.45) is 0 Å². The molecule has 30 heavy (non-hydrogen) atoms. The Morgan fingerprint density at radius 2 is 1.60 bits per heavy atom. The van der Waals surface area contributed by atoms with Gasteiger partial charge in [-0.2, -0.15) is 0 Å². The molecule has 1 atom stereocenters. The van der Waals surface area contributed by atoms with E-state index in [9.17, 15) is 18.4 Å². The molecule has 0 spiro atoms. The van der Waals surface area contributed by atoms with Crippen LogP contribution in [0.3, 0.4) is 0 Å². The van der Waals surface area contributed by atoms with E-state index in [0.29, 0.717) is 23.1 Å². The minimum Gasteiger partial charge on any atom is -0.495 e. The van der Waals surface area contributed by atoms with Crippen LogP contribution in [-0.4, -0.2) is 19.0 Å². The number of nitrogens with one attached hydrogen (secondary N) is 1. The van der Waals surface area contributed by atoms with E-state index in [1.165, 1.54) is 7.11 Å². The van der Waals surface area contributed by atoms with Gasteiger partial charge in [0.25, 0.3) is 5.91 Å². The summed E-state index contributed by atoms with van der Waals surface area (Å²) < 4.78 is 37.6. The SMILES string of the molecule is COc1ccc(C)cc1NC(=O)[C@H](OC(=O)c1cc(F)cc(F)c1)c1ccccc1. The molecule has 0 radical (unpaired) electrons. The number of ether oxygens (including phenoxy) is 2. The molecular formula is C23H19F2NO4. The van der Waals surface area contributed by atoms with Crippen molar-refractivity contribution in [2.75, 3.05) is 12.4 Å². The number of aryl methyl sites for hydroxylation is 1. The van der Waals surface area contributed by atoms with Gasteiger partial charge in [-0.15, -0.1) is 0 Å². The third-order valence-corrected chi connectivity index (χ3v) is 4.28. The van der Waals surface area contributed by atoms with Crippen LogP contribution < -0.4 is 10.1 Å². The topological polar surface area (TPSA) is 64.6 Å². The lowest BCUT2D eigenvalue weighted by Gasteiger charge is -2.19. The number of methoxy groups -OCH3 is 1. The Balaban J connectivity index is 1.90. The van der Waals surface area contributed by atoms with Gasteiger partial charge in [0.15, 0.2) is 0 Å². The summed E-state index contributed by atoms with van der Waals surface area (Å²) in [5.41, 5.74) is 1.34. The first-order valence-electron chi connectivity index (χ1n) is 9.05. The number of amides is 1. The molecule has 0 bridgehead atoms. The highest BCUT2D eigenvalue weighted by Crippen LogP contribution is 2.28. The van der Waals surface area contributed by atoms with Crippen LogP contribution in [0.15, 0.2) is 66.7 Å². The van der Waals surface area contributed by atoms with Crippen LogP contribution >= 0.6 is 0 Å². The highest BCUT2D eigenvalue weighted by Gasteiger charge is 2.27. The molecule has 0 fully saturated rings. The second-order valence-electron chi connectivity index (χ2n) is 6.55. The number of carbonyl (C=O) groups is 2. The van der Waals surface area contributed by atoms with Crippen molar-refractivity contribution in [2.45, 2.75) is 13.0 Å². The predicted octanol–water partition coefficient (Wildman–Crippen LogP) is 4.82. The third kappa shape index (κ3) is 5.00. The first kappa shape index (κ1) is 21.0. The summed E-state index contributed by atoms with van der Waals surface area (Å²) >= 11 is 0. The van der Waals surface area contributed by atoms with Gasteiger partial charge in [0.1, 0.15) is 17.4 Å². The smallest absolute Gasteiger partial charge is 0.339 e. The zero-order valence-electron chi connectivity index (χ0n) is 16.3. The second kappa shape index (κ2) is 9.17. The molecular weight excluding hydrogens is 392 g/mol. The molecule has 154 valence electrons. The highest BCUT2D eigenvalue weighted by atomic mass is 19.1. The molecule has 0 aromatic heterocycles. The van der Waals surface area contributed by atoms with E-state index in [-0.39, 0.29) is 5.56 Å². The van der Waals surface area contributed by atoms with Gasteiger partial charge in [-0.1, -0.05) is 36.4 Å². The summed E-state index contributed by atoms with van der Waals surface area (Å²) in [7, 11) is 1.47. The second-order valence-corrected chi connectivity index (χ2v) is 6.55. The van der Waals surface area contributed by atoms with Gasteiger partial charge in [0.2, 0.25) is 6.10 Å². The van der Waals surface area contributed by atoms with Crippen LogP contribution in [0.4, 0.5) is 14.5 Å². The van der Waals surface area contributed by atoms with E-state index in [2.05, 4.69) is 5.32 Å². The molecule has 0 aliphatic carbocycles. The minimum atomic E-state index is -1.35. The van der Waals surface area contributed by atoms with Crippen molar-refractivity contribution in [3.05, 3.63) is 95.1 Å². The molecule has 1 amide bonds. The molecule has 0 heterocycles. The summed E-state index contributed by atoms with van der Waals surface area (Å²) in [6.07, 6.45) is -1.35. The lowest BCUT2D eigenvalue weighted by Crippen LogP contribution is -2.26. The van der Waals surface area contributed by atoms with Crippen molar-refractivity contribution in [1.29, 1.82) is 0 Å². The van der Waals surface area contributed by atoms with Crippen molar-refractivity contribution >= 4 is 17.6 Å². The van der Waals surface area contributed by atoms with Gasteiger partial charge < -0.3 is 14.8 Å². The van der Waals surface area contributed by atoms with Gasteiger partial charge in [0, 0.05) is 11.6 Å². The number of benzene rings is 3. The van der Waals surface area contributed by atoms with E-state index >= 15 is 0 Å². The lowest BCUT2D eigenvalue weighted by molar-refractivity contribution is -0.125. The minimum absolute atomic E-state index is 0.339. The van der Waals surface area contributed by atoms with E-state index in [1.54, 1.807) is 42.5 Å². The molecule has 3 aromatic rings. The summed E-state index contributed by atoms with van der Waals surface area (Å²) in [6, 6.07) is 15.9. The summed E-state index contributed by atoms with van der Waals surface area (Å²) in [5.74, 6) is -3.09. The first-order chi connectivity index (χ1) is 14.4. The van der Waals surface area contributed by atoms with Crippen LogP contribution in [0.2, 0.25) is 0 Å². The fourth-order valence-electron chi connectivity index (χ4n) is 2.87. The van der Waals surface area contributed by atoms with Gasteiger partial charge in [-0.3, -0.25) is 4.79 Å². The molecule has 5 nitrogen and oxygen atoms in total. The number of hydrogen-bond acceptors (Lipinski definition) is 4. The maximum atomic E-state index is 13.5.